The second-order valence-corrected chi connectivity index (χ2v) is 9.07. The zero-order valence-electron chi connectivity index (χ0n) is 16.1. The Morgan fingerprint density at radius 2 is 1.91 bits per heavy atom. The minimum absolute atomic E-state index is 0.181. The molecule has 0 saturated carbocycles. The van der Waals surface area contributed by atoms with Gasteiger partial charge in [-0.3, -0.25) is 4.79 Å². The molecule has 23 heavy (non-hydrogen) atoms. The Hall–Kier alpha value is -0.760. The highest BCUT2D eigenvalue weighted by Crippen LogP contribution is 2.45. The fourth-order valence-corrected chi connectivity index (χ4v) is 3.82. The van der Waals surface area contributed by atoms with Crippen LogP contribution in [-0.2, 0) is 4.79 Å². The molecule has 0 aliphatic heterocycles. The molecule has 2 aliphatic carbocycles. The zero-order valence-corrected chi connectivity index (χ0v) is 16.9. The number of carbonyl (C=O) groups is 1. The summed E-state index contributed by atoms with van der Waals surface area (Å²) in [6.45, 7) is 15.2. The van der Waals surface area contributed by atoms with Crippen molar-refractivity contribution >= 4 is 17.5 Å². The predicted molar refractivity (Wildman–Crippen MR) is 105 cm³/mol. The SMILES string of the molecule is CC.CC(C)SCCCC(=O)C1=CC2=C(CC=C2C(C)(C)C)C1. The molecule has 0 aromatic rings. The number of ketones is 1. The van der Waals surface area contributed by atoms with Crippen molar-refractivity contribution in [1.29, 1.82) is 0 Å². The third kappa shape index (κ3) is 5.67. The van der Waals surface area contributed by atoms with E-state index in [4.69, 9.17) is 0 Å². The summed E-state index contributed by atoms with van der Waals surface area (Å²) in [6, 6.07) is 0. The summed E-state index contributed by atoms with van der Waals surface area (Å²) in [6.07, 6.45) is 8.17. The van der Waals surface area contributed by atoms with E-state index in [1.54, 1.807) is 0 Å². The molecule has 0 unspecified atom stereocenters. The lowest BCUT2D eigenvalue weighted by Crippen LogP contribution is -2.09. The summed E-state index contributed by atoms with van der Waals surface area (Å²) in [5.41, 5.74) is 5.47. The second kappa shape index (κ2) is 8.92. The summed E-state index contributed by atoms with van der Waals surface area (Å²) in [5.74, 6) is 1.46. The normalized spacial score (nSPS) is 16.9. The van der Waals surface area contributed by atoms with Crippen LogP contribution in [0.25, 0.3) is 0 Å². The van der Waals surface area contributed by atoms with Gasteiger partial charge in [-0.25, -0.2) is 0 Å². The van der Waals surface area contributed by atoms with Gasteiger partial charge >= 0.3 is 0 Å². The Morgan fingerprint density at radius 3 is 2.48 bits per heavy atom. The molecule has 0 spiro atoms. The van der Waals surface area contributed by atoms with Gasteiger partial charge in [-0.2, -0.15) is 11.8 Å². The van der Waals surface area contributed by atoms with Crippen LogP contribution in [-0.4, -0.2) is 16.8 Å². The van der Waals surface area contributed by atoms with Crippen LogP contribution in [0.15, 0.2) is 34.4 Å². The third-order valence-electron chi connectivity index (χ3n) is 4.11. The summed E-state index contributed by atoms with van der Waals surface area (Å²) >= 11 is 1.95. The maximum atomic E-state index is 12.4. The van der Waals surface area contributed by atoms with Crippen molar-refractivity contribution < 1.29 is 4.79 Å². The first kappa shape index (κ1) is 20.3. The van der Waals surface area contributed by atoms with E-state index in [1.807, 2.05) is 25.6 Å². The molecule has 0 atom stereocenters. The number of rotatable bonds is 6. The minimum Gasteiger partial charge on any atom is -0.295 e. The molecule has 0 N–H and O–H groups in total. The molecule has 0 saturated heterocycles. The fourth-order valence-electron chi connectivity index (χ4n) is 3.04. The molecule has 0 aromatic carbocycles. The lowest BCUT2D eigenvalue weighted by Gasteiger charge is -2.21. The van der Waals surface area contributed by atoms with E-state index in [2.05, 4.69) is 46.8 Å². The monoisotopic (exact) mass is 334 g/mol. The van der Waals surface area contributed by atoms with Gasteiger partial charge in [0.1, 0.15) is 0 Å². The van der Waals surface area contributed by atoms with Crippen molar-refractivity contribution in [2.24, 2.45) is 5.41 Å². The van der Waals surface area contributed by atoms with Crippen molar-refractivity contribution in [1.82, 2.24) is 0 Å². The van der Waals surface area contributed by atoms with Crippen LogP contribution < -0.4 is 0 Å². The topological polar surface area (TPSA) is 17.1 Å². The first-order chi connectivity index (χ1) is 10.8. The molecule has 0 amide bonds. The number of hydrogen-bond acceptors (Lipinski definition) is 2. The maximum absolute atomic E-state index is 12.4. The molecular formula is C21H34OS. The van der Waals surface area contributed by atoms with E-state index < -0.39 is 0 Å². The largest absolute Gasteiger partial charge is 0.295 e. The van der Waals surface area contributed by atoms with E-state index in [9.17, 15) is 4.79 Å². The molecular weight excluding hydrogens is 300 g/mol. The number of thioether (sulfide) groups is 1. The lowest BCUT2D eigenvalue weighted by atomic mass is 9.83. The van der Waals surface area contributed by atoms with E-state index in [0.29, 0.717) is 17.5 Å². The fraction of sp³-hybridized carbons (Fsp3) is 0.667. The van der Waals surface area contributed by atoms with Crippen LogP contribution in [0.4, 0.5) is 0 Å². The van der Waals surface area contributed by atoms with E-state index in [1.165, 1.54) is 16.7 Å². The highest BCUT2D eigenvalue weighted by Gasteiger charge is 2.30. The number of Topliss-reactive ketones (excluding diaryl/α,β-unsaturated/α-hetero) is 1. The lowest BCUT2D eigenvalue weighted by molar-refractivity contribution is -0.115. The molecule has 2 heteroatoms. The molecule has 0 bridgehead atoms. The minimum atomic E-state index is 0.181. The quantitative estimate of drug-likeness (QED) is 0.515. The van der Waals surface area contributed by atoms with Crippen LogP contribution in [0, 0.1) is 5.41 Å². The van der Waals surface area contributed by atoms with Crippen molar-refractivity contribution in [2.45, 2.75) is 79.4 Å². The molecule has 1 nitrogen and oxygen atoms in total. The van der Waals surface area contributed by atoms with Crippen LogP contribution in [0.5, 0.6) is 0 Å². The maximum Gasteiger partial charge on any atom is 0.159 e. The standard InChI is InChI=1S/C19H28OS.C2H6/c1-13(2)21-10-6-7-18(20)15-11-14-8-9-17(16(14)12-15)19(3,4)5;1-2/h9,12-13H,6-8,10-11H2,1-5H3;1-2H3. The predicted octanol–water partition coefficient (Wildman–Crippen LogP) is 6.51. The van der Waals surface area contributed by atoms with Gasteiger partial charge in [0.15, 0.2) is 5.78 Å². The second-order valence-electron chi connectivity index (χ2n) is 7.38. The summed E-state index contributed by atoms with van der Waals surface area (Å²) in [7, 11) is 0. The first-order valence-corrected chi connectivity index (χ1v) is 10.1. The average molecular weight is 335 g/mol. The van der Waals surface area contributed by atoms with Crippen LogP contribution in [0.1, 0.15) is 74.1 Å². The molecule has 0 radical (unpaired) electrons. The van der Waals surface area contributed by atoms with Crippen molar-refractivity contribution in [3.8, 4) is 0 Å². The Labute approximate surface area is 147 Å². The van der Waals surface area contributed by atoms with Crippen molar-refractivity contribution in [2.75, 3.05) is 5.75 Å². The molecule has 2 rings (SSSR count). The zero-order chi connectivity index (χ0) is 17.6. The number of allylic oxidation sites excluding steroid dienone is 6. The smallest absolute Gasteiger partial charge is 0.159 e. The average Bonchev–Trinajstić information content (AvgIpc) is 3.04. The van der Waals surface area contributed by atoms with Gasteiger partial charge in [0.2, 0.25) is 0 Å². The van der Waals surface area contributed by atoms with Crippen molar-refractivity contribution in [3.05, 3.63) is 34.4 Å². The van der Waals surface area contributed by atoms with Crippen LogP contribution in [0.2, 0.25) is 0 Å². The van der Waals surface area contributed by atoms with Gasteiger partial charge in [-0.1, -0.05) is 60.1 Å². The number of carbonyl (C=O) groups excluding carboxylic acids is 1. The van der Waals surface area contributed by atoms with Gasteiger partial charge in [-0.05, 0) is 58.5 Å². The van der Waals surface area contributed by atoms with Gasteiger partial charge in [0.25, 0.3) is 0 Å². The molecule has 130 valence electrons. The summed E-state index contributed by atoms with van der Waals surface area (Å²) in [4.78, 5) is 12.4. The third-order valence-corrected chi connectivity index (χ3v) is 5.30. The Bertz CT molecular complexity index is 512. The van der Waals surface area contributed by atoms with E-state index in [-0.39, 0.29) is 5.41 Å². The van der Waals surface area contributed by atoms with E-state index in [0.717, 1.165) is 30.6 Å². The Balaban J connectivity index is 0.00000127. The highest BCUT2D eigenvalue weighted by molar-refractivity contribution is 7.99. The van der Waals surface area contributed by atoms with Gasteiger partial charge in [0.05, 0.1) is 0 Å². The van der Waals surface area contributed by atoms with E-state index >= 15 is 0 Å². The van der Waals surface area contributed by atoms with Gasteiger partial charge in [0, 0.05) is 6.42 Å². The molecule has 0 heterocycles. The van der Waals surface area contributed by atoms with Gasteiger partial charge in [-0.15, -0.1) is 0 Å². The molecule has 2 aliphatic rings. The van der Waals surface area contributed by atoms with Crippen LogP contribution >= 0.6 is 11.8 Å². The van der Waals surface area contributed by atoms with Crippen molar-refractivity contribution in [3.63, 3.8) is 0 Å². The molecule has 0 fully saturated rings. The Morgan fingerprint density at radius 1 is 1.26 bits per heavy atom. The Kier molecular flexibility index (Phi) is 7.86. The number of hydrogen-bond donors (Lipinski definition) is 0. The molecule has 0 aromatic heterocycles. The highest BCUT2D eigenvalue weighted by atomic mass is 32.2. The van der Waals surface area contributed by atoms with Crippen LogP contribution in [0.3, 0.4) is 0 Å². The van der Waals surface area contributed by atoms with Gasteiger partial charge < -0.3 is 0 Å². The first-order valence-electron chi connectivity index (χ1n) is 9.07. The summed E-state index contributed by atoms with van der Waals surface area (Å²) in [5, 5.41) is 0.663. The summed E-state index contributed by atoms with van der Waals surface area (Å²) < 4.78 is 0.